The number of fused-ring (bicyclic) bond motifs is 1. The Morgan fingerprint density at radius 3 is 2.13 bits per heavy atom. The summed E-state index contributed by atoms with van der Waals surface area (Å²) in [5, 5.41) is 26.5. The molecule has 0 aromatic rings. The van der Waals surface area contributed by atoms with E-state index in [9.17, 15) is 15.0 Å². The molecule has 2 aliphatic carbocycles. The molecule has 218 valence electrons. The molecule has 0 aromatic carbocycles. The quantitative estimate of drug-likeness (QED) is 0.160. The molecule has 2 aliphatic rings. The van der Waals surface area contributed by atoms with Gasteiger partial charge in [-0.2, -0.15) is 0 Å². The van der Waals surface area contributed by atoms with Crippen LogP contribution in [0.25, 0.3) is 0 Å². The third-order valence-electron chi connectivity index (χ3n) is 9.56. The molecular weight excluding hydrogens is 470 g/mol. The van der Waals surface area contributed by atoms with Gasteiger partial charge in [0.05, 0.1) is 17.2 Å². The monoisotopic (exact) mass is 529 g/mol. The van der Waals surface area contributed by atoms with Crippen molar-refractivity contribution in [1.29, 1.82) is 0 Å². The maximum atomic E-state index is 14.3. The number of Topliss-reactive ketones (excluding diaryl/α,β-unsaturated/α-hetero) is 1. The molecular formula is C34H59NO3. The highest BCUT2D eigenvalue weighted by molar-refractivity contribution is 5.88. The molecule has 0 aliphatic heterocycles. The first kappa shape index (κ1) is 32.8. The highest BCUT2D eigenvalue weighted by atomic mass is 16.3. The minimum atomic E-state index is -1.03. The standard InChI is InChI=1S/C34H59NO3/c1-14-15-16-18-33(12,37)22(2)17-19-34(13,38)26-24(20-25-27(26)32(25,10)11)28(36)29(31(7,8)9)35-23(3)21-30(4,5)6/h14,24-27,29,35,37-38H,1-3,15-21H2,4-13H3. The molecule has 2 saturated carbocycles. The fourth-order valence-corrected chi connectivity index (χ4v) is 7.16. The van der Waals surface area contributed by atoms with Gasteiger partial charge < -0.3 is 15.5 Å². The summed E-state index contributed by atoms with van der Waals surface area (Å²) in [5.41, 5.74) is -0.419. The second-order valence-corrected chi connectivity index (χ2v) is 15.9. The van der Waals surface area contributed by atoms with Crippen molar-refractivity contribution in [1.82, 2.24) is 5.32 Å². The molecule has 2 rings (SSSR count). The van der Waals surface area contributed by atoms with E-state index >= 15 is 0 Å². The first-order chi connectivity index (χ1) is 17.1. The fraction of sp³-hybridized carbons (Fsp3) is 0.794. The van der Waals surface area contributed by atoms with Gasteiger partial charge in [-0.05, 0) is 92.4 Å². The summed E-state index contributed by atoms with van der Waals surface area (Å²) in [7, 11) is 0. The predicted molar refractivity (Wildman–Crippen MR) is 161 cm³/mol. The summed E-state index contributed by atoms with van der Waals surface area (Å²) in [5.74, 6) is 0.670. The summed E-state index contributed by atoms with van der Waals surface area (Å²) in [6.07, 6.45) is 6.85. The van der Waals surface area contributed by atoms with Crippen LogP contribution in [0.4, 0.5) is 0 Å². The molecule has 2 fully saturated rings. The Kier molecular flexibility index (Phi) is 9.71. The Morgan fingerprint density at radius 1 is 1.05 bits per heavy atom. The van der Waals surface area contributed by atoms with Crippen molar-refractivity contribution in [3.63, 3.8) is 0 Å². The van der Waals surface area contributed by atoms with Crippen LogP contribution in [0.5, 0.6) is 0 Å². The number of hydrogen-bond acceptors (Lipinski definition) is 4. The molecule has 0 saturated heterocycles. The third-order valence-corrected chi connectivity index (χ3v) is 9.56. The largest absolute Gasteiger partial charge is 0.390 e. The van der Waals surface area contributed by atoms with Gasteiger partial charge in [0.2, 0.25) is 0 Å². The van der Waals surface area contributed by atoms with Crippen LogP contribution < -0.4 is 5.32 Å². The number of carbonyl (C=O) groups excluding carboxylic acids is 1. The Bertz CT molecular complexity index is 896. The molecule has 7 unspecified atom stereocenters. The molecule has 3 N–H and O–H groups in total. The fourth-order valence-electron chi connectivity index (χ4n) is 7.16. The number of carbonyl (C=O) groups is 1. The van der Waals surface area contributed by atoms with Gasteiger partial charge in [0, 0.05) is 17.5 Å². The maximum absolute atomic E-state index is 14.3. The lowest BCUT2D eigenvalue weighted by Crippen LogP contribution is -2.52. The summed E-state index contributed by atoms with van der Waals surface area (Å²) in [6.45, 7) is 33.4. The van der Waals surface area contributed by atoms with Crippen molar-refractivity contribution in [3.8, 4) is 0 Å². The van der Waals surface area contributed by atoms with E-state index in [1.807, 2.05) is 19.9 Å². The van der Waals surface area contributed by atoms with Crippen LogP contribution in [0.15, 0.2) is 37.1 Å². The van der Waals surface area contributed by atoms with Gasteiger partial charge in [0.15, 0.2) is 5.78 Å². The second-order valence-electron chi connectivity index (χ2n) is 15.9. The zero-order valence-corrected chi connectivity index (χ0v) is 26.3. The minimum Gasteiger partial charge on any atom is -0.390 e. The highest BCUT2D eigenvalue weighted by Crippen LogP contribution is 2.73. The van der Waals surface area contributed by atoms with E-state index in [1.54, 1.807) is 0 Å². The van der Waals surface area contributed by atoms with Crippen molar-refractivity contribution in [2.24, 2.45) is 39.9 Å². The van der Waals surface area contributed by atoms with E-state index in [0.717, 1.165) is 37.0 Å². The molecule has 7 atom stereocenters. The maximum Gasteiger partial charge on any atom is 0.159 e. The van der Waals surface area contributed by atoms with Gasteiger partial charge in [-0.15, -0.1) is 6.58 Å². The average molecular weight is 530 g/mol. The van der Waals surface area contributed by atoms with Crippen LogP contribution in [0, 0.1) is 39.9 Å². The summed E-state index contributed by atoms with van der Waals surface area (Å²) in [6, 6.07) is -0.359. The molecule has 0 amide bonds. The van der Waals surface area contributed by atoms with E-state index in [4.69, 9.17) is 0 Å². The number of allylic oxidation sites excluding steroid dienone is 2. The summed E-state index contributed by atoms with van der Waals surface area (Å²) in [4.78, 5) is 14.3. The average Bonchev–Trinajstić information content (AvgIpc) is 3.08. The smallest absolute Gasteiger partial charge is 0.159 e. The Hall–Kier alpha value is -1.39. The molecule has 4 heteroatoms. The van der Waals surface area contributed by atoms with Gasteiger partial charge in [-0.1, -0.05) is 74.6 Å². The highest BCUT2D eigenvalue weighted by Gasteiger charge is 2.71. The van der Waals surface area contributed by atoms with Crippen LogP contribution in [-0.4, -0.2) is 33.2 Å². The first-order valence-corrected chi connectivity index (χ1v) is 14.8. The van der Waals surface area contributed by atoms with E-state index in [-0.39, 0.29) is 39.9 Å². The Balaban J connectivity index is 2.25. The lowest BCUT2D eigenvalue weighted by Gasteiger charge is -2.42. The predicted octanol–water partition coefficient (Wildman–Crippen LogP) is 7.61. The van der Waals surface area contributed by atoms with E-state index < -0.39 is 11.2 Å². The van der Waals surface area contributed by atoms with Crippen LogP contribution >= 0.6 is 0 Å². The summed E-state index contributed by atoms with van der Waals surface area (Å²) >= 11 is 0. The van der Waals surface area contributed by atoms with Gasteiger partial charge in [-0.25, -0.2) is 0 Å². The summed E-state index contributed by atoms with van der Waals surface area (Å²) < 4.78 is 0. The second kappa shape index (κ2) is 11.2. The molecule has 0 heterocycles. The zero-order chi connectivity index (χ0) is 29.5. The van der Waals surface area contributed by atoms with E-state index in [1.165, 1.54) is 0 Å². The number of nitrogens with one attached hydrogen (secondary N) is 1. The number of hydrogen-bond donors (Lipinski definition) is 3. The first-order valence-electron chi connectivity index (χ1n) is 14.8. The molecule has 0 spiro atoms. The van der Waals surface area contributed by atoms with Crippen molar-refractivity contribution in [3.05, 3.63) is 37.1 Å². The lowest BCUT2D eigenvalue weighted by molar-refractivity contribution is -0.134. The SMILES string of the molecule is C=CCCCC(C)(O)C(=C)CCC(C)(O)C1C(C(=O)C(NC(=C)CC(C)(C)C)C(C)(C)C)CC2C1C2(C)C. The third kappa shape index (κ3) is 7.62. The van der Waals surface area contributed by atoms with Crippen molar-refractivity contribution < 1.29 is 15.0 Å². The normalized spacial score (nSPS) is 28.4. The Labute approximate surface area is 234 Å². The molecule has 0 aromatic heterocycles. The van der Waals surface area contributed by atoms with E-state index in [2.05, 4.69) is 80.4 Å². The number of unbranched alkanes of at least 4 members (excludes halogenated alkanes) is 1. The van der Waals surface area contributed by atoms with Crippen molar-refractivity contribution in [2.45, 2.75) is 131 Å². The van der Waals surface area contributed by atoms with Gasteiger partial charge in [0.25, 0.3) is 0 Å². The van der Waals surface area contributed by atoms with Gasteiger partial charge in [-0.3, -0.25) is 4.79 Å². The van der Waals surface area contributed by atoms with Gasteiger partial charge >= 0.3 is 0 Å². The van der Waals surface area contributed by atoms with Crippen LogP contribution in [0.1, 0.15) is 114 Å². The van der Waals surface area contributed by atoms with Crippen LogP contribution in [0.3, 0.4) is 0 Å². The van der Waals surface area contributed by atoms with Crippen LogP contribution in [-0.2, 0) is 4.79 Å². The minimum absolute atomic E-state index is 0.0794. The topological polar surface area (TPSA) is 69.6 Å². The molecule has 4 nitrogen and oxygen atoms in total. The van der Waals surface area contributed by atoms with Crippen molar-refractivity contribution in [2.75, 3.05) is 0 Å². The number of ketones is 1. The molecule has 0 bridgehead atoms. The zero-order valence-electron chi connectivity index (χ0n) is 26.3. The Morgan fingerprint density at radius 2 is 1.63 bits per heavy atom. The lowest BCUT2D eigenvalue weighted by atomic mass is 9.67. The van der Waals surface area contributed by atoms with Crippen LogP contribution in [0.2, 0.25) is 0 Å². The van der Waals surface area contributed by atoms with Gasteiger partial charge in [0.1, 0.15) is 0 Å². The van der Waals surface area contributed by atoms with Crippen molar-refractivity contribution >= 4 is 5.78 Å². The molecule has 0 radical (unpaired) electrons. The number of aliphatic hydroxyl groups is 2. The van der Waals surface area contributed by atoms with E-state index in [0.29, 0.717) is 31.1 Å². The molecule has 38 heavy (non-hydrogen) atoms. The number of rotatable bonds is 14.